The molecule has 0 radical (unpaired) electrons. The fourth-order valence-corrected chi connectivity index (χ4v) is 4.00. The van der Waals surface area contributed by atoms with E-state index in [9.17, 15) is 0 Å². The molecule has 1 aromatic carbocycles. The molecule has 2 rings (SSSR count). The summed E-state index contributed by atoms with van der Waals surface area (Å²) in [7, 11) is 0. The van der Waals surface area contributed by atoms with Gasteiger partial charge in [0.2, 0.25) is 0 Å². The molecule has 0 aliphatic carbocycles. The van der Waals surface area contributed by atoms with Crippen LogP contribution in [0.1, 0.15) is 42.6 Å². The molecule has 1 aromatic rings. The van der Waals surface area contributed by atoms with Crippen LogP contribution in [0.25, 0.3) is 0 Å². The van der Waals surface area contributed by atoms with Gasteiger partial charge in [-0.2, -0.15) is 0 Å². The third-order valence-electron chi connectivity index (χ3n) is 3.77. The first kappa shape index (κ1) is 14.9. The second-order valence-corrected chi connectivity index (χ2v) is 6.80. The molecule has 1 aliphatic heterocycles. The Morgan fingerprint density at radius 2 is 1.89 bits per heavy atom. The molecular formula is C16H25NOS. The van der Waals surface area contributed by atoms with Crippen molar-refractivity contribution in [1.82, 2.24) is 0 Å². The lowest BCUT2D eigenvalue weighted by atomic mass is 10.0. The Morgan fingerprint density at radius 3 is 2.47 bits per heavy atom. The van der Waals surface area contributed by atoms with E-state index in [-0.39, 0.29) is 6.04 Å². The van der Waals surface area contributed by atoms with Crippen LogP contribution >= 0.6 is 11.8 Å². The minimum Gasteiger partial charge on any atom is -0.381 e. The van der Waals surface area contributed by atoms with Crippen molar-refractivity contribution < 1.29 is 4.74 Å². The molecule has 0 bridgehead atoms. The van der Waals surface area contributed by atoms with Crippen molar-refractivity contribution in [2.75, 3.05) is 13.2 Å². The molecule has 2 unspecified atom stereocenters. The number of hydrogen-bond donors (Lipinski definition) is 1. The Labute approximate surface area is 121 Å². The average molecular weight is 279 g/mol. The molecular weight excluding hydrogens is 254 g/mol. The summed E-state index contributed by atoms with van der Waals surface area (Å²) in [6.07, 6.45) is 3.34. The quantitative estimate of drug-likeness (QED) is 0.893. The summed E-state index contributed by atoms with van der Waals surface area (Å²) >= 11 is 2.05. The third kappa shape index (κ3) is 4.23. The SMILES string of the molecule is CCC(N)C(SC1CCOCC1)c1ccc(C)cc1. The molecule has 19 heavy (non-hydrogen) atoms. The van der Waals surface area contributed by atoms with Crippen molar-refractivity contribution in [2.45, 2.75) is 49.7 Å². The van der Waals surface area contributed by atoms with Gasteiger partial charge in [0.05, 0.1) is 0 Å². The van der Waals surface area contributed by atoms with Gasteiger partial charge in [-0.05, 0) is 31.7 Å². The van der Waals surface area contributed by atoms with Crippen LogP contribution in [0.15, 0.2) is 24.3 Å². The van der Waals surface area contributed by atoms with E-state index >= 15 is 0 Å². The molecule has 2 atom stereocenters. The lowest BCUT2D eigenvalue weighted by molar-refractivity contribution is 0.0999. The third-order valence-corrected chi connectivity index (χ3v) is 5.54. The minimum atomic E-state index is 0.232. The number of thioether (sulfide) groups is 1. The smallest absolute Gasteiger partial charge is 0.0476 e. The van der Waals surface area contributed by atoms with Crippen molar-refractivity contribution in [1.29, 1.82) is 0 Å². The molecule has 2 N–H and O–H groups in total. The van der Waals surface area contributed by atoms with Crippen molar-refractivity contribution in [3.05, 3.63) is 35.4 Å². The van der Waals surface area contributed by atoms with Gasteiger partial charge in [-0.25, -0.2) is 0 Å². The van der Waals surface area contributed by atoms with Gasteiger partial charge in [-0.15, -0.1) is 11.8 Å². The molecule has 1 heterocycles. The van der Waals surface area contributed by atoms with Gasteiger partial charge in [0.1, 0.15) is 0 Å². The first-order valence-corrected chi connectivity index (χ1v) is 8.20. The largest absolute Gasteiger partial charge is 0.381 e. The fourth-order valence-electron chi connectivity index (χ4n) is 2.42. The van der Waals surface area contributed by atoms with Crippen LogP contribution in [0.5, 0.6) is 0 Å². The molecule has 0 amide bonds. The predicted octanol–water partition coefficient (Wildman–Crippen LogP) is 3.69. The zero-order valence-corrected chi connectivity index (χ0v) is 12.8. The fraction of sp³-hybridized carbons (Fsp3) is 0.625. The molecule has 106 valence electrons. The first-order valence-electron chi connectivity index (χ1n) is 7.26. The normalized spacial score (nSPS) is 20.2. The van der Waals surface area contributed by atoms with Crippen molar-refractivity contribution in [3.8, 4) is 0 Å². The second-order valence-electron chi connectivity index (χ2n) is 5.35. The molecule has 1 fully saturated rings. The summed E-state index contributed by atoms with van der Waals surface area (Å²) in [4.78, 5) is 0. The van der Waals surface area contributed by atoms with Crippen LogP contribution in [-0.2, 0) is 4.74 Å². The lowest BCUT2D eigenvalue weighted by Gasteiger charge is -2.29. The van der Waals surface area contributed by atoms with Crippen molar-refractivity contribution in [3.63, 3.8) is 0 Å². The van der Waals surface area contributed by atoms with Gasteiger partial charge < -0.3 is 10.5 Å². The maximum Gasteiger partial charge on any atom is 0.0476 e. The van der Waals surface area contributed by atoms with E-state index in [4.69, 9.17) is 10.5 Å². The summed E-state index contributed by atoms with van der Waals surface area (Å²) in [5.74, 6) is 0. The van der Waals surface area contributed by atoms with Gasteiger partial charge >= 0.3 is 0 Å². The lowest BCUT2D eigenvalue weighted by Crippen LogP contribution is -2.28. The number of nitrogens with two attached hydrogens (primary N) is 1. The highest BCUT2D eigenvalue weighted by atomic mass is 32.2. The molecule has 3 heteroatoms. The van der Waals surface area contributed by atoms with E-state index in [1.807, 2.05) is 0 Å². The van der Waals surface area contributed by atoms with Crippen molar-refractivity contribution in [2.24, 2.45) is 5.73 Å². The topological polar surface area (TPSA) is 35.2 Å². The molecule has 0 spiro atoms. The van der Waals surface area contributed by atoms with E-state index < -0.39 is 0 Å². The Morgan fingerprint density at radius 1 is 1.26 bits per heavy atom. The van der Waals surface area contributed by atoms with Crippen LogP contribution in [0.3, 0.4) is 0 Å². The second kappa shape index (κ2) is 7.32. The number of hydrogen-bond acceptors (Lipinski definition) is 3. The van der Waals surface area contributed by atoms with E-state index in [0.717, 1.165) is 32.5 Å². The van der Waals surface area contributed by atoms with Crippen molar-refractivity contribution >= 4 is 11.8 Å². The maximum absolute atomic E-state index is 6.35. The van der Waals surface area contributed by atoms with Crippen LogP contribution in [0.2, 0.25) is 0 Å². The van der Waals surface area contributed by atoms with Gasteiger partial charge in [-0.3, -0.25) is 0 Å². The van der Waals surface area contributed by atoms with Crippen LogP contribution in [0.4, 0.5) is 0 Å². The van der Waals surface area contributed by atoms with E-state index in [2.05, 4.69) is 49.9 Å². The van der Waals surface area contributed by atoms with E-state index in [0.29, 0.717) is 10.5 Å². The molecule has 0 saturated carbocycles. The van der Waals surface area contributed by atoms with Gasteiger partial charge in [0.15, 0.2) is 0 Å². The summed E-state index contributed by atoms with van der Waals surface area (Å²) < 4.78 is 5.44. The zero-order valence-electron chi connectivity index (χ0n) is 12.0. The number of aryl methyl sites for hydroxylation is 1. The molecule has 1 saturated heterocycles. The molecule has 0 aromatic heterocycles. The standard InChI is InChI=1S/C16H25NOS/c1-3-15(17)16(13-6-4-12(2)5-7-13)19-14-8-10-18-11-9-14/h4-7,14-16H,3,8-11,17H2,1-2H3. The monoisotopic (exact) mass is 279 g/mol. The highest BCUT2D eigenvalue weighted by Gasteiger charge is 2.24. The van der Waals surface area contributed by atoms with Gasteiger partial charge in [0, 0.05) is 29.8 Å². The Balaban J connectivity index is 2.08. The summed E-state index contributed by atoms with van der Waals surface area (Å²) in [6.45, 7) is 6.11. The first-order chi connectivity index (χ1) is 9.20. The van der Waals surface area contributed by atoms with Gasteiger partial charge in [-0.1, -0.05) is 36.8 Å². The van der Waals surface area contributed by atoms with Crippen LogP contribution in [-0.4, -0.2) is 24.5 Å². The summed E-state index contributed by atoms with van der Waals surface area (Å²) in [5.41, 5.74) is 9.03. The number of ether oxygens (including phenoxy) is 1. The Kier molecular flexibility index (Phi) is 5.74. The van der Waals surface area contributed by atoms with Gasteiger partial charge in [0.25, 0.3) is 0 Å². The Hall–Kier alpha value is -0.510. The predicted molar refractivity (Wildman–Crippen MR) is 83.6 cm³/mol. The van der Waals surface area contributed by atoms with E-state index in [1.165, 1.54) is 11.1 Å². The molecule has 2 nitrogen and oxygen atoms in total. The highest BCUT2D eigenvalue weighted by molar-refractivity contribution is 8.00. The highest BCUT2D eigenvalue weighted by Crippen LogP contribution is 2.38. The van der Waals surface area contributed by atoms with Crippen LogP contribution < -0.4 is 5.73 Å². The number of rotatable bonds is 5. The Bertz CT molecular complexity index is 373. The molecule has 1 aliphatic rings. The minimum absolute atomic E-state index is 0.232. The maximum atomic E-state index is 6.35. The summed E-state index contributed by atoms with van der Waals surface area (Å²) in [5, 5.41) is 1.10. The van der Waals surface area contributed by atoms with E-state index in [1.54, 1.807) is 0 Å². The zero-order chi connectivity index (χ0) is 13.7. The number of benzene rings is 1. The average Bonchev–Trinajstić information content (AvgIpc) is 2.46. The summed E-state index contributed by atoms with van der Waals surface area (Å²) in [6, 6.07) is 9.09. The van der Waals surface area contributed by atoms with Crippen LogP contribution in [0, 0.1) is 6.92 Å².